The van der Waals surface area contributed by atoms with Crippen molar-refractivity contribution in [3.8, 4) is 0 Å². The molecule has 1 aliphatic rings. The van der Waals surface area contributed by atoms with Gasteiger partial charge in [-0.25, -0.2) is 0 Å². The van der Waals surface area contributed by atoms with Gasteiger partial charge in [0, 0.05) is 18.2 Å². The fourth-order valence-corrected chi connectivity index (χ4v) is 3.32. The van der Waals surface area contributed by atoms with Gasteiger partial charge in [-0.2, -0.15) is 13.2 Å². The summed E-state index contributed by atoms with van der Waals surface area (Å²) in [6.45, 7) is -0.0306. The average molecular weight is 364 g/mol. The molecule has 0 unspecified atom stereocenters. The van der Waals surface area contributed by atoms with Crippen LogP contribution in [-0.2, 0) is 22.9 Å². The second-order valence-electron chi connectivity index (χ2n) is 6.63. The van der Waals surface area contributed by atoms with E-state index in [0.29, 0.717) is 6.54 Å². The van der Waals surface area contributed by atoms with Gasteiger partial charge >= 0.3 is 6.18 Å². The van der Waals surface area contributed by atoms with Gasteiger partial charge in [-0.15, -0.1) is 0 Å². The fraction of sp³-hybridized carbons (Fsp3) is 0.368. The first-order chi connectivity index (χ1) is 12.3. The van der Waals surface area contributed by atoms with Crippen LogP contribution < -0.4 is 10.9 Å². The first-order valence-corrected chi connectivity index (χ1v) is 8.41. The van der Waals surface area contributed by atoms with Crippen LogP contribution in [0.1, 0.15) is 30.4 Å². The molecule has 0 saturated heterocycles. The molecule has 1 heterocycles. The summed E-state index contributed by atoms with van der Waals surface area (Å²) in [5, 5.41) is 2.78. The van der Waals surface area contributed by atoms with E-state index in [1.165, 1.54) is 6.20 Å². The van der Waals surface area contributed by atoms with Crippen molar-refractivity contribution in [3.05, 3.63) is 70.1 Å². The predicted octanol–water partition coefficient (Wildman–Crippen LogP) is 3.11. The smallest absolute Gasteiger partial charge is 0.354 e. The Balaban J connectivity index is 1.68. The molecule has 0 spiro atoms. The van der Waals surface area contributed by atoms with E-state index in [0.717, 1.165) is 41.5 Å². The van der Waals surface area contributed by atoms with Gasteiger partial charge in [0.15, 0.2) is 0 Å². The minimum Gasteiger partial charge on any atom is -0.354 e. The minimum absolute atomic E-state index is 0.129. The molecule has 1 N–H and O–H groups in total. The van der Waals surface area contributed by atoms with Crippen LogP contribution in [0.25, 0.3) is 0 Å². The maximum atomic E-state index is 12.8. The predicted molar refractivity (Wildman–Crippen MR) is 90.7 cm³/mol. The standard InChI is InChI=1S/C19H19F3N2O2/c20-19(21,22)15-8-4-11-24(17(15)26)12-16(25)23-13-18(9-5-10-18)14-6-2-1-3-7-14/h1-4,6-8,11H,5,9-10,12-13H2,(H,23,25). The van der Waals surface area contributed by atoms with Crippen molar-refractivity contribution in [1.29, 1.82) is 0 Å². The summed E-state index contributed by atoms with van der Waals surface area (Å²) in [6.07, 6.45) is -0.590. The summed E-state index contributed by atoms with van der Waals surface area (Å²) in [4.78, 5) is 24.1. The highest BCUT2D eigenvalue weighted by molar-refractivity contribution is 5.75. The topological polar surface area (TPSA) is 51.1 Å². The molecule has 4 nitrogen and oxygen atoms in total. The number of hydrogen-bond donors (Lipinski definition) is 1. The molecule has 1 aromatic heterocycles. The van der Waals surface area contributed by atoms with E-state index in [-0.39, 0.29) is 5.41 Å². The van der Waals surface area contributed by atoms with Crippen LogP contribution in [0.4, 0.5) is 13.2 Å². The average Bonchev–Trinajstić information content (AvgIpc) is 2.56. The Morgan fingerprint density at radius 1 is 1.12 bits per heavy atom. The highest BCUT2D eigenvalue weighted by atomic mass is 19.4. The molecule has 0 atom stereocenters. The summed E-state index contributed by atoms with van der Waals surface area (Å²) in [6, 6.07) is 11.7. The number of benzene rings is 1. The van der Waals surface area contributed by atoms with E-state index >= 15 is 0 Å². The Kier molecular flexibility index (Phi) is 4.89. The summed E-state index contributed by atoms with van der Waals surface area (Å²) < 4.78 is 39.2. The lowest BCUT2D eigenvalue weighted by atomic mass is 9.64. The summed E-state index contributed by atoms with van der Waals surface area (Å²) in [7, 11) is 0. The Bertz CT molecular complexity index is 840. The van der Waals surface area contributed by atoms with Crippen LogP contribution in [0.15, 0.2) is 53.5 Å². The van der Waals surface area contributed by atoms with E-state index in [2.05, 4.69) is 5.32 Å². The second-order valence-corrected chi connectivity index (χ2v) is 6.63. The van der Waals surface area contributed by atoms with Crippen molar-refractivity contribution < 1.29 is 18.0 Å². The molecule has 26 heavy (non-hydrogen) atoms. The van der Waals surface area contributed by atoms with Gasteiger partial charge in [0.1, 0.15) is 12.1 Å². The number of amides is 1. The molecule has 1 aliphatic carbocycles. The zero-order chi connectivity index (χ0) is 18.8. The Hall–Kier alpha value is -2.57. The maximum absolute atomic E-state index is 12.8. The molecule has 3 rings (SSSR count). The molecule has 0 bridgehead atoms. The van der Waals surface area contributed by atoms with Gasteiger partial charge in [0.2, 0.25) is 5.91 Å². The number of halogens is 3. The lowest BCUT2D eigenvalue weighted by molar-refractivity contribution is -0.139. The number of carbonyl (C=O) groups is 1. The second kappa shape index (κ2) is 6.97. The van der Waals surface area contributed by atoms with Crippen molar-refractivity contribution in [2.45, 2.75) is 37.4 Å². The van der Waals surface area contributed by atoms with E-state index in [4.69, 9.17) is 0 Å². The Morgan fingerprint density at radius 2 is 1.81 bits per heavy atom. The Labute approximate surface area is 148 Å². The van der Waals surface area contributed by atoms with Crippen LogP contribution in [0, 0.1) is 0 Å². The van der Waals surface area contributed by atoms with Crippen LogP contribution in [0.5, 0.6) is 0 Å². The normalized spacial score (nSPS) is 16.0. The number of alkyl halides is 3. The van der Waals surface area contributed by atoms with Gasteiger partial charge < -0.3 is 9.88 Å². The largest absolute Gasteiger partial charge is 0.421 e. The summed E-state index contributed by atoms with van der Waals surface area (Å²) in [5.74, 6) is -0.478. The van der Waals surface area contributed by atoms with Crippen LogP contribution >= 0.6 is 0 Å². The highest BCUT2D eigenvalue weighted by Crippen LogP contribution is 2.43. The van der Waals surface area contributed by atoms with Crippen molar-refractivity contribution in [3.63, 3.8) is 0 Å². The third-order valence-corrected chi connectivity index (χ3v) is 4.96. The molecular weight excluding hydrogens is 345 g/mol. The number of nitrogens with one attached hydrogen (secondary N) is 1. The molecular formula is C19H19F3N2O2. The van der Waals surface area contributed by atoms with Gasteiger partial charge in [0.25, 0.3) is 5.56 Å². The number of nitrogens with zero attached hydrogens (tertiary/aromatic N) is 1. The minimum atomic E-state index is -4.74. The number of aromatic nitrogens is 1. The summed E-state index contributed by atoms with van der Waals surface area (Å²) in [5.41, 5.74) is -1.47. The van der Waals surface area contributed by atoms with Crippen molar-refractivity contribution in [2.24, 2.45) is 0 Å². The van der Waals surface area contributed by atoms with Gasteiger partial charge in [-0.05, 0) is 30.5 Å². The SMILES string of the molecule is O=C(Cn1cccc(C(F)(F)F)c1=O)NCC1(c2ccccc2)CCC1. The van der Waals surface area contributed by atoms with E-state index in [9.17, 15) is 22.8 Å². The van der Waals surface area contributed by atoms with Crippen LogP contribution in [0.3, 0.4) is 0 Å². The molecule has 0 aliphatic heterocycles. The lowest BCUT2D eigenvalue weighted by Gasteiger charge is -2.42. The van der Waals surface area contributed by atoms with Gasteiger partial charge in [0.05, 0.1) is 0 Å². The zero-order valence-electron chi connectivity index (χ0n) is 14.1. The summed E-state index contributed by atoms with van der Waals surface area (Å²) >= 11 is 0. The van der Waals surface area contributed by atoms with E-state index < -0.39 is 29.8 Å². The number of carbonyl (C=O) groups excluding carboxylic acids is 1. The first-order valence-electron chi connectivity index (χ1n) is 8.41. The van der Waals surface area contributed by atoms with Crippen molar-refractivity contribution >= 4 is 5.91 Å². The highest BCUT2D eigenvalue weighted by Gasteiger charge is 2.39. The third-order valence-electron chi connectivity index (χ3n) is 4.96. The molecule has 138 valence electrons. The molecule has 1 saturated carbocycles. The van der Waals surface area contributed by atoms with Crippen LogP contribution in [0.2, 0.25) is 0 Å². The number of hydrogen-bond acceptors (Lipinski definition) is 2. The maximum Gasteiger partial charge on any atom is 0.421 e. The van der Waals surface area contributed by atoms with Crippen LogP contribution in [-0.4, -0.2) is 17.0 Å². The Morgan fingerprint density at radius 3 is 2.38 bits per heavy atom. The van der Waals surface area contributed by atoms with E-state index in [1.54, 1.807) is 0 Å². The van der Waals surface area contributed by atoms with Gasteiger partial charge in [-0.3, -0.25) is 9.59 Å². The molecule has 7 heteroatoms. The quantitative estimate of drug-likeness (QED) is 0.886. The molecule has 0 radical (unpaired) electrons. The zero-order valence-corrected chi connectivity index (χ0v) is 14.1. The number of pyridine rings is 1. The first kappa shape index (κ1) is 18.2. The monoisotopic (exact) mass is 364 g/mol. The number of rotatable bonds is 5. The molecule has 1 aromatic carbocycles. The van der Waals surface area contributed by atoms with Crippen molar-refractivity contribution in [1.82, 2.24) is 9.88 Å². The van der Waals surface area contributed by atoms with Gasteiger partial charge in [-0.1, -0.05) is 36.8 Å². The van der Waals surface area contributed by atoms with E-state index in [1.807, 2.05) is 30.3 Å². The lowest BCUT2D eigenvalue weighted by Crippen LogP contribution is -2.46. The third kappa shape index (κ3) is 3.66. The molecule has 1 amide bonds. The molecule has 2 aromatic rings. The van der Waals surface area contributed by atoms with Crippen molar-refractivity contribution in [2.75, 3.05) is 6.54 Å². The molecule has 1 fully saturated rings. The fourth-order valence-electron chi connectivity index (χ4n) is 3.32.